The Kier molecular flexibility index (Phi) is 4.87. The van der Waals surface area contributed by atoms with E-state index in [2.05, 4.69) is 10.3 Å². The van der Waals surface area contributed by atoms with Crippen LogP contribution in [0.5, 0.6) is 0 Å². The molecule has 1 N–H and O–H groups in total. The van der Waals surface area contributed by atoms with Gasteiger partial charge in [0.15, 0.2) is 0 Å². The fourth-order valence-electron chi connectivity index (χ4n) is 2.92. The Labute approximate surface area is 164 Å². The smallest absolute Gasteiger partial charge is 0.307 e. The van der Waals surface area contributed by atoms with Crippen molar-refractivity contribution in [3.8, 4) is 0 Å². The number of rotatable bonds is 4. The normalized spacial score (nSPS) is 15.8. The van der Waals surface area contributed by atoms with E-state index in [0.29, 0.717) is 11.3 Å². The van der Waals surface area contributed by atoms with Crippen LogP contribution >= 0.6 is 11.8 Å². The summed E-state index contributed by atoms with van der Waals surface area (Å²) >= 11 is 1.34. The molecule has 0 radical (unpaired) electrons. The predicted molar refractivity (Wildman–Crippen MR) is 105 cm³/mol. The van der Waals surface area contributed by atoms with E-state index in [0.717, 1.165) is 16.1 Å². The molecule has 2 aromatic heterocycles. The molecule has 0 spiro atoms. The van der Waals surface area contributed by atoms with Crippen molar-refractivity contribution in [1.82, 2.24) is 9.38 Å². The first kappa shape index (κ1) is 18.2. The number of amides is 1. The molecule has 0 saturated carbocycles. The van der Waals surface area contributed by atoms with Crippen LogP contribution in [0.2, 0.25) is 0 Å². The van der Waals surface area contributed by atoms with Gasteiger partial charge in [-0.3, -0.25) is 18.8 Å². The monoisotopic (exact) mass is 395 g/mol. The van der Waals surface area contributed by atoms with Crippen LogP contribution < -0.4 is 10.9 Å². The van der Waals surface area contributed by atoms with Crippen molar-refractivity contribution >= 4 is 35.0 Å². The van der Waals surface area contributed by atoms with Crippen molar-refractivity contribution in [3.05, 3.63) is 70.3 Å². The maximum Gasteiger partial charge on any atom is 0.307 e. The highest BCUT2D eigenvalue weighted by atomic mass is 32.2. The van der Waals surface area contributed by atoms with Crippen molar-refractivity contribution in [2.45, 2.75) is 30.1 Å². The SMILES string of the molecule is Cc1ccc2nc(COC(=O)C[C@H]3Sc4ccccc4NC3=O)cc(=O)n2c1. The second-order valence-corrected chi connectivity index (χ2v) is 7.72. The summed E-state index contributed by atoms with van der Waals surface area (Å²) in [7, 11) is 0. The van der Waals surface area contributed by atoms with Crippen LogP contribution in [0.15, 0.2) is 58.4 Å². The summed E-state index contributed by atoms with van der Waals surface area (Å²) in [5, 5.41) is 2.24. The van der Waals surface area contributed by atoms with Gasteiger partial charge in [0.1, 0.15) is 12.3 Å². The number of carbonyl (C=O) groups excluding carboxylic acids is 2. The molecule has 1 amide bonds. The van der Waals surface area contributed by atoms with Crippen molar-refractivity contribution < 1.29 is 14.3 Å². The van der Waals surface area contributed by atoms with E-state index in [9.17, 15) is 14.4 Å². The second kappa shape index (κ2) is 7.47. The van der Waals surface area contributed by atoms with Crippen LogP contribution in [0.1, 0.15) is 17.7 Å². The van der Waals surface area contributed by atoms with Crippen LogP contribution in [0.3, 0.4) is 0 Å². The molecule has 1 aromatic carbocycles. The minimum Gasteiger partial charge on any atom is -0.459 e. The number of hydrogen-bond acceptors (Lipinski definition) is 6. The van der Waals surface area contributed by atoms with Crippen LogP contribution in [0.25, 0.3) is 5.65 Å². The van der Waals surface area contributed by atoms with Gasteiger partial charge in [-0.25, -0.2) is 4.98 Å². The number of aryl methyl sites for hydroxylation is 1. The number of pyridine rings is 1. The van der Waals surface area contributed by atoms with Gasteiger partial charge in [-0.15, -0.1) is 11.8 Å². The molecule has 1 aliphatic rings. The van der Waals surface area contributed by atoms with Crippen molar-refractivity contribution in [2.24, 2.45) is 0 Å². The first-order chi connectivity index (χ1) is 13.5. The minimum atomic E-state index is -0.555. The van der Waals surface area contributed by atoms with Gasteiger partial charge in [0.2, 0.25) is 5.91 Å². The number of aromatic nitrogens is 2. The molecule has 4 rings (SSSR count). The van der Waals surface area contributed by atoms with Gasteiger partial charge in [0.25, 0.3) is 5.56 Å². The Morgan fingerprint density at radius 2 is 2.07 bits per heavy atom. The molecule has 8 heteroatoms. The summed E-state index contributed by atoms with van der Waals surface area (Å²) < 4.78 is 6.70. The number of thioether (sulfide) groups is 1. The van der Waals surface area contributed by atoms with Gasteiger partial charge in [0, 0.05) is 17.2 Å². The lowest BCUT2D eigenvalue weighted by molar-refractivity contribution is -0.145. The Hall–Kier alpha value is -3.13. The third kappa shape index (κ3) is 3.77. The van der Waals surface area contributed by atoms with Gasteiger partial charge in [-0.2, -0.15) is 0 Å². The van der Waals surface area contributed by atoms with E-state index in [1.807, 2.05) is 37.3 Å². The number of esters is 1. The number of para-hydroxylation sites is 1. The number of anilines is 1. The van der Waals surface area contributed by atoms with E-state index in [4.69, 9.17) is 4.74 Å². The first-order valence-corrected chi connectivity index (χ1v) is 9.59. The van der Waals surface area contributed by atoms with Crippen molar-refractivity contribution in [1.29, 1.82) is 0 Å². The van der Waals surface area contributed by atoms with Gasteiger partial charge in [0.05, 0.1) is 23.1 Å². The average Bonchev–Trinajstić information content (AvgIpc) is 2.67. The average molecular weight is 395 g/mol. The molecule has 28 heavy (non-hydrogen) atoms. The molecule has 3 heterocycles. The Morgan fingerprint density at radius 3 is 2.93 bits per heavy atom. The lowest BCUT2D eigenvalue weighted by atomic mass is 10.2. The number of fused-ring (bicyclic) bond motifs is 2. The number of nitrogens with zero attached hydrogens (tertiary/aromatic N) is 2. The Balaban J connectivity index is 1.41. The quantitative estimate of drug-likeness (QED) is 0.683. The molecular weight excluding hydrogens is 378 g/mol. The molecule has 0 bridgehead atoms. The highest BCUT2D eigenvalue weighted by Gasteiger charge is 2.29. The first-order valence-electron chi connectivity index (χ1n) is 8.71. The Morgan fingerprint density at radius 1 is 1.25 bits per heavy atom. The fraction of sp³-hybridized carbons (Fsp3) is 0.200. The lowest BCUT2D eigenvalue weighted by Crippen LogP contribution is -2.31. The Bertz CT molecular complexity index is 1140. The van der Waals surface area contributed by atoms with Gasteiger partial charge >= 0.3 is 5.97 Å². The standard InChI is InChI=1S/C20H17N3O4S/c1-12-6-7-17-21-13(8-18(24)23(17)10-12)11-27-19(25)9-16-20(26)22-14-4-2-3-5-15(14)28-16/h2-8,10,16H,9,11H2,1H3,(H,22,26)/t16-/m1/s1. The number of ether oxygens (including phenoxy) is 1. The molecule has 0 fully saturated rings. The maximum atomic E-state index is 12.2. The highest BCUT2D eigenvalue weighted by molar-refractivity contribution is 8.01. The van der Waals surface area contributed by atoms with E-state index in [-0.39, 0.29) is 24.5 Å². The van der Waals surface area contributed by atoms with Crippen LogP contribution in [0.4, 0.5) is 5.69 Å². The zero-order valence-electron chi connectivity index (χ0n) is 15.0. The van der Waals surface area contributed by atoms with E-state index >= 15 is 0 Å². The number of hydrogen-bond donors (Lipinski definition) is 1. The van der Waals surface area contributed by atoms with Crippen LogP contribution in [0, 0.1) is 6.92 Å². The topological polar surface area (TPSA) is 89.8 Å². The van der Waals surface area contributed by atoms with Crippen LogP contribution in [-0.4, -0.2) is 26.5 Å². The van der Waals surface area contributed by atoms with E-state index < -0.39 is 11.2 Å². The molecule has 0 aliphatic carbocycles. The summed E-state index contributed by atoms with van der Waals surface area (Å²) in [6.07, 6.45) is 1.65. The van der Waals surface area contributed by atoms with Crippen molar-refractivity contribution in [3.63, 3.8) is 0 Å². The third-order valence-electron chi connectivity index (χ3n) is 4.30. The minimum absolute atomic E-state index is 0.0589. The largest absolute Gasteiger partial charge is 0.459 e. The molecule has 0 unspecified atom stereocenters. The second-order valence-electron chi connectivity index (χ2n) is 6.48. The molecule has 3 aromatic rings. The molecule has 142 valence electrons. The number of nitrogens with one attached hydrogen (secondary N) is 1. The summed E-state index contributed by atoms with van der Waals surface area (Å²) in [5.41, 5.74) is 2.31. The fourth-order valence-corrected chi connectivity index (χ4v) is 4.02. The summed E-state index contributed by atoms with van der Waals surface area (Å²) in [6, 6.07) is 12.4. The summed E-state index contributed by atoms with van der Waals surface area (Å²) in [6.45, 7) is 1.77. The van der Waals surface area contributed by atoms with Gasteiger partial charge < -0.3 is 10.1 Å². The molecule has 0 saturated heterocycles. The third-order valence-corrected chi connectivity index (χ3v) is 5.58. The van der Waals surface area contributed by atoms with E-state index in [1.165, 1.54) is 22.2 Å². The van der Waals surface area contributed by atoms with Crippen molar-refractivity contribution in [2.75, 3.05) is 5.32 Å². The van der Waals surface area contributed by atoms with E-state index in [1.54, 1.807) is 12.3 Å². The zero-order chi connectivity index (χ0) is 19.7. The molecular formula is C20H17N3O4S. The van der Waals surface area contributed by atoms with Gasteiger partial charge in [-0.1, -0.05) is 18.2 Å². The molecule has 1 atom stereocenters. The summed E-state index contributed by atoms with van der Waals surface area (Å²) in [4.78, 5) is 41.9. The highest BCUT2D eigenvalue weighted by Crippen LogP contribution is 2.36. The molecule has 7 nitrogen and oxygen atoms in total. The molecule has 1 aliphatic heterocycles. The lowest BCUT2D eigenvalue weighted by Gasteiger charge is -2.23. The van der Waals surface area contributed by atoms with Gasteiger partial charge in [-0.05, 0) is 30.7 Å². The predicted octanol–water partition coefficient (Wildman–Crippen LogP) is 2.55. The maximum absolute atomic E-state index is 12.2. The summed E-state index contributed by atoms with van der Waals surface area (Å²) in [5.74, 6) is -0.740. The van der Waals surface area contributed by atoms with Crippen LogP contribution in [-0.2, 0) is 20.9 Å². The number of benzene rings is 1. The zero-order valence-corrected chi connectivity index (χ0v) is 15.9. The number of carbonyl (C=O) groups is 2.